The van der Waals surface area contributed by atoms with Crippen LogP contribution in [0, 0.1) is 5.92 Å². The number of nitrogens with one attached hydrogen (secondary N) is 2. The Labute approximate surface area is 199 Å². The molecule has 1 saturated heterocycles. The van der Waals surface area contributed by atoms with E-state index in [1.165, 1.54) is 7.11 Å². The number of hydrogen-bond acceptors (Lipinski definition) is 6. The SMILES string of the molecule is CCOc1ccccc1N1CC(C(=O)Nc2ccc(OC)c(NC(=O)OC(C)(C)C)c2)CC1=O. The molecule has 182 valence electrons. The van der Waals surface area contributed by atoms with Crippen LogP contribution in [0.3, 0.4) is 0 Å². The third kappa shape index (κ3) is 6.18. The molecule has 2 aromatic rings. The minimum Gasteiger partial charge on any atom is -0.495 e. The monoisotopic (exact) mass is 469 g/mol. The second-order valence-corrected chi connectivity index (χ2v) is 8.84. The van der Waals surface area contributed by atoms with Crippen molar-refractivity contribution in [2.24, 2.45) is 5.92 Å². The Hall–Kier alpha value is -3.75. The Balaban J connectivity index is 1.71. The zero-order chi connectivity index (χ0) is 24.9. The normalized spacial score (nSPS) is 15.6. The first-order chi connectivity index (χ1) is 16.1. The molecule has 1 unspecified atom stereocenters. The maximum atomic E-state index is 13.0. The fourth-order valence-corrected chi connectivity index (χ4v) is 3.62. The molecular weight excluding hydrogens is 438 g/mol. The quantitative estimate of drug-likeness (QED) is 0.621. The summed E-state index contributed by atoms with van der Waals surface area (Å²) in [5.74, 6) is 0.0463. The second kappa shape index (κ2) is 10.5. The van der Waals surface area contributed by atoms with Gasteiger partial charge in [-0.1, -0.05) is 12.1 Å². The second-order valence-electron chi connectivity index (χ2n) is 8.84. The number of nitrogens with zero attached hydrogens (tertiary/aromatic N) is 1. The number of benzene rings is 2. The molecule has 0 aromatic heterocycles. The number of methoxy groups -OCH3 is 1. The van der Waals surface area contributed by atoms with E-state index in [0.29, 0.717) is 35.2 Å². The summed E-state index contributed by atoms with van der Waals surface area (Å²) in [5, 5.41) is 5.47. The highest BCUT2D eigenvalue weighted by molar-refractivity contribution is 6.04. The van der Waals surface area contributed by atoms with Gasteiger partial charge in [0.15, 0.2) is 0 Å². The number of para-hydroxylation sites is 2. The van der Waals surface area contributed by atoms with E-state index in [0.717, 1.165) is 0 Å². The first kappa shape index (κ1) is 24.9. The van der Waals surface area contributed by atoms with Gasteiger partial charge < -0.3 is 24.4 Å². The lowest BCUT2D eigenvalue weighted by Gasteiger charge is -2.21. The van der Waals surface area contributed by atoms with E-state index in [4.69, 9.17) is 14.2 Å². The van der Waals surface area contributed by atoms with Crippen molar-refractivity contribution in [3.05, 3.63) is 42.5 Å². The van der Waals surface area contributed by atoms with Crippen molar-refractivity contribution in [2.75, 3.05) is 35.8 Å². The number of ether oxygens (including phenoxy) is 3. The highest BCUT2D eigenvalue weighted by Gasteiger charge is 2.36. The molecule has 0 saturated carbocycles. The first-order valence-electron chi connectivity index (χ1n) is 11.1. The molecule has 9 nitrogen and oxygen atoms in total. The molecule has 3 amide bonds. The van der Waals surface area contributed by atoms with Gasteiger partial charge in [0.05, 0.1) is 31.0 Å². The third-order valence-electron chi connectivity index (χ3n) is 5.05. The van der Waals surface area contributed by atoms with Crippen LogP contribution in [0.2, 0.25) is 0 Å². The fraction of sp³-hybridized carbons (Fsp3) is 0.400. The topological polar surface area (TPSA) is 106 Å². The van der Waals surface area contributed by atoms with E-state index in [1.54, 1.807) is 56.0 Å². The Morgan fingerprint density at radius 3 is 2.50 bits per heavy atom. The molecule has 3 rings (SSSR count). The van der Waals surface area contributed by atoms with Gasteiger partial charge in [0.25, 0.3) is 0 Å². The lowest BCUT2D eigenvalue weighted by Crippen LogP contribution is -2.28. The number of hydrogen-bond donors (Lipinski definition) is 2. The molecule has 0 radical (unpaired) electrons. The van der Waals surface area contributed by atoms with Gasteiger partial charge in [0, 0.05) is 18.7 Å². The third-order valence-corrected chi connectivity index (χ3v) is 5.05. The zero-order valence-corrected chi connectivity index (χ0v) is 20.1. The summed E-state index contributed by atoms with van der Waals surface area (Å²) in [5.41, 5.74) is 0.796. The van der Waals surface area contributed by atoms with Crippen LogP contribution in [-0.2, 0) is 14.3 Å². The van der Waals surface area contributed by atoms with Gasteiger partial charge in [-0.15, -0.1) is 0 Å². The summed E-state index contributed by atoms with van der Waals surface area (Å²) in [4.78, 5) is 39.4. The average molecular weight is 470 g/mol. The maximum absolute atomic E-state index is 13.0. The number of rotatable bonds is 7. The number of carbonyl (C=O) groups excluding carboxylic acids is 3. The summed E-state index contributed by atoms with van der Waals surface area (Å²) < 4.78 is 16.2. The predicted octanol–water partition coefficient (Wildman–Crippen LogP) is 4.43. The van der Waals surface area contributed by atoms with Crippen LogP contribution in [0.25, 0.3) is 0 Å². The van der Waals surface area contributed by atoms with Gasteiger partial charge in [-0.25, -0.2) is 4.79 Å². The van der Waals surface area contributed by atoms with Gasteiger partial charge in [-0.3, -0.25) is 14.9 Å². The van der Waals surface area contributed by atoms with Gasteiger partial charge in [-0.05, 0) is 58.0 Å². The molecule has 0 spiro atoms. The molecule has 2 aromatic carbocycles. The Morgan fingerprint density at radius 2 is 1.82 bits per heavy atom. The van der Waals surface area contributed by atoms with Crippen LogP contribution in [0.1, 0.15) is 34.1 Å². The standard InChI is InChI=1S/C25H31N3O6/c1-6-33-21-10-8-7-9-19(21)28-15-16(13-22(28)29)23(30)26-17-11-12-20(32-5)18(14-17)27-24(31)34-25(2,3)4/h7-12,14,16H,6,13,15H2,1-5H3,(H,26,30)(H,27,31). The number of carbonyl (C=O) groups is 3. The Bertz CT molecular complexity index is 1060. The Morgan fingerprint density at radius 1 is 1.09 bits per heavy atom. The van der Waals surface area contributed by atoms with Crippen molar-refractivity contribution in [3.8, 4) is 11.5 Å². The van der Waals surface area contributed by atoms with E-state index >= 15 is 0 Å². The maximum Gasteiger partial charge on any atom is 0.412 e. The van der Waals surface area contributed by atoms with Crippen molar-refractivity contribution in [2.45, 2.75) is 39.7 Å². The molecule has 0 bridgehead atoms. The summed E-state index contributed by atoms with van der Waals surface area (Å²) in [6.45, 7) is 7.88. The average Bonchev–Trinajstić information content (AvgIpc) is 3.15. The van der Waals surface area contributed by atoms with E-state index in [9.17, 15) is 14.4 Å². The van der Waals surface area contributed by atoms with Crippen molar-refractivity contribution < 1.29 is 28.6 Å². The summed E-state index contributed by atoms with van der Waals surface area (Å²) in [6, 6.07) is 12.2. The van der Waals surface area contributed by atoms with Gasteiger partial charge >= 0.3 is 6.09 Å². The summed E-state index contributed by atoms with van der Waals surface area (Å²) in [7, 11) is 1.48. The van der Waals surface area contributed by atoms with E-state index in [1.807, 2.05) is 19.1 Å². The van der Waals surface area contributed by atoms with Crippen LogP contribution in [-0.4, -0.2) is 43.8 Å². The molecule has 0 aliphatic carbocycles. The van der Waals surface area contributed by atoms with Gasteiger partial charge in [-0.2, -0.15) is 0 Å². The molecule has 1 aliphatic heterocycles. The lowest BCUT2D eigenvalue weighted by atomic mass is 10.1. The molecule has 2 N–H and O–H groups in total. The lowest BCUT2D eigenvalue weighted by molar-refractivity contribution is -0.122. The largest absolute Gasteiger partial charge is 0.495 e. The van der Waals surface area contributed by atoms with Crippen LogP contribution < -0.4 is 25.0 Å². The van der Waals surface area contributed by atoms with Crippen LogP contribution in [0.4, 0.5) is 21.9 Å². The molecular formula is C25H31N3O6. The zero-order valence-electron chi connectivity index (χ0n) is 20.1. The smallest absolute Gasteiger partial charge is 0.412 e. The fourth-order valence-electron chi connectivity index (χ4n) is 3.62. The minimum atomic E-state index is -0.662. The van der Waals surface area contributed by atoms with Crippen LogP contribution >= 0.6 is 0 Å². The van der Waals surface area contributed by atoms with Crippen molar-refractivity contribution in [1.29, 1.82) is 0 Å². The van der Waals surface area contributed by atoms with Crippen molar-refractivity contribution >= 4 is 35.0 Å². The van der Waals surface area contributed by atoms with E-state index in [-0.39, 0.29) is 24.8 Å². The van der Waals surface area contributed by atoms with Crippen LogP contribution in [0.15, 0.2) is 42.5 Å². The predicted molar refractivity (Wildman–Crippen MR) is 130 cm³/mol. The Kier molecular flexibility index (Phi) is 7.65. The van der Waals surface area contributed by atoms with Crippen molar-refractivity contribution in [1.82, 2.24) is 0 Å². The van der Waals surface area contributed by atoms with Gasteiger partial charge in [0.1, 0.15) is 17.1 Å². The number of anilines is 3. The summed E-state index contributed by atoms with van der Waals surface area (Å²) in [6.07, 6.45) is -0.551. The van der Waals surface area contributed by atoms with E-state index in [2.05, 4.69) is 10.6 Å². The number of amides is 3. The highest BCUT2D eigenvalue weighted by atomic mass is 16.6. The summed E-state index contributed by atoms with van der Waals surface area (Å²) >= 11 is 0. The molecule has 1 atom stereocenters. The molecule has 9 heteroatoms. The molecule has 1 fully saturated rings. The molecule has 34 heavy (non-hydrogen) atoms. The van der Waals surface area contributed by atoms with Crippen molar-refractivity contribution in [3.63, 3.8) is 0 Å². The molecule has 1 aliphatic rings. The van der Waals surface area contributed by atoms with Gasteiger partial charge in [0.2, 0.25) is 11.8 Å². The van der Waals surface area contributed by atoms with Crippen LogP contribution in [0.5, 0.6) is 11.5 Å². The molecule has 1 heterocycles. The first-order valence-corrected chi connectivity index (χ1v) is 11.1. The highest BCUT2D eigenvalue weighted by Crippen LogP contribution is 2.34. The minimum absolute atomic E-state index is 0.0888. The van der Waals surface area contributed by atoms with E-state index < -0.39 is 17.6 Å².